The van der Waals surface area contributed by atoms with Gasteiger partial charge in [-0.2, -0.15) is 0 Å². The number of aromatic nitrogens is 1. The van der Waals surface area contributed by atoms with Gasteiger partial charge < -0.3 is 4.57 Å². The summed E-state index contributed by atoms with van der Waals surface area (Å²) in [6, 6.07) is 5.76. The number of hydrogen-bond donors (Lipinski definition) is 2. The summed E-state index contributed by atoms with van der Waals surface area (Å²) in [5.74, 6) is -3.21. The highest BCUT2D eigenvalue weighted by atomic mass is 19.1. The van der Waals surface area contributed by atoms with Crippen molar-refractivity contribution < 1.29 is 18.4 Å². The number of halogens is 2. The quantitative estimate of drug-likeness (QED) is 0.816. The molecule has 0 saturated carbocycles. The average molecular weight is 279 g/mol. The smallest absolute Gasteiger partial charge is 0.286 e. The fraction of sp³-hybridized carbons (Fsp3) is 0.0769. The largest absolute Gasteiger partial charge is 0.347 e. The highest BCUT2D eigenvalue weighted by molar-refractivity contribution is 5.98. The van der Waals surface area contributed by atoms with E-state index in [9.17, 15) is 18.4 Å². The van der Waals surface area contributed by atoms with Crippen LogP contribution in [0.3, 0.4) is 0 Å². The van der Waals surface area contributed by atoms with E-state index < -0.39 is 23.4 Å². The lowest BCUT2D eigenvalue weighted by Gasteiger charge is -2.08. The van der Waals surface area contributed by atoms with Gasteiger partial charge in [-0.05, 0) is 24.3 Å². The zero-order valence-electron chi connectivity index (χ0n) is 10.5. The Morgan fingerprint density at radius 2 is 1.80 bits per heavy atom. The molecule has 0 fully saturated rings. The number of nitrogens with zero attached hydrogens (tertiary/aromatic N) is 1. The first-order valence-electron chi connectivity index (χ1n) is 5.66. The molecular formula is C13H11F2N3O2. The first-order chi connectivity index (χ1) is 9.49. The SMILES string of the molecule is Cn1cccc1C(=O)NNC(=O)c1ccc(F)cc1F. The summed E-state index contributed by atoms with van der Waals surface area (Å²) in [7, 11) is 1.66. The van der Waals surface area contributed by atoms with Crippen molar-refractivity contribution in [1.82, 2.24) is 15.4 Å². The van der Waals surface area contributed by atoms with Gasteiger partial charge in [-0.25, -0.2) is 8.78 Å². The van der Waals surface area contributed by atoms with Gasteiger partial charge in [-0.3, -0.25) is 20.4 Å². The van der Waals surface area contributed by atoms with Crippen molar-refractivity contribution >= 4 is 11.8 Å². The Morgan fingerprint density at radius 3 is 2.40 bits per heavy atom. The van der Waals surface area contributed by atoms with Crippen molar-refractivity contribution in [2.75, 3.05) is 0 Å². The van der Waals surface area contributed by atoms with E-state index in [1.807, 2.05) is 0 Å². The minimum atomic E-state index is -1.00. The third kappa shape index (κ3) is 2.82. The molecule has 7 heteroatoms. The van der Waals surface area contributed by atoms with Gasteiger partial charge >= 0.3 is 0 Å². The van der Waals surface area contributed by atoms with Crippen LogP contribution in [0.15, 0.2) is 36.5 Å². The molecule has 5 nitrogen and oxygen atoms in total. The third-order valence-electron chi connectivity index (χ3n) is 2.64. The van der Waals surface area contributed by atoms with Crippen molar-refractivity contribution in [3.63, 3.8) is 0 Å². The first-order valence-corrected chi connectivity index (χ1v) is 5.66. The van der Waals surface area contributed by atoms with E-state index >= 15 is 0 Å². The monoisotopic (exact) mass is 279 g/mol. The van der Waals surface area contributed by atoms with Gasteiger partial charge in [0.1, 0.15) is 17.3 Å². The molecule has 0 unspecified atom stereocenters. The summed E-state index contributed by atoms with van der Waals surface area (Å²) in [6.07, 6.45) is 1.66. The van der Waals surface area contributed by atoms with E-state index in [1.54, 1.807) is 29.9 Å². The number of carbonyl (C=O) groups is 2. The van der Waals surface area contributed by atoms with Crippen LogP contribution in [0.1, 0.15) is 20.8 Å². The Bertz CT molecular complexity index is 667. The molecule has 0 saturated heterocycles. The number of hydrazine groups is 1. The molecule has 2 amide bonds. The topological polar surface area (TPSA) is 63.1 Å². The molecule has 0 radical (unpaired) electrons. The average Bonchev–Trinajstić information content (AvgIpc) is 2.82. The minimum Gasteiger partial charge on any atom is -0.347 e. The second kappa shape index (κ2) is 5.52. The summed E-state index contributed by atoms with van der Waals surface area (Å²) in [6.45, 7) is 0. The molecule has 104 valence electrons. The van der Waals surface area contributed by atoms with Crippen LogP contribution < -0.4 is 10.9 Å². The molecule has 20 heavy (non-hydrogen) atoms. The zero-order valence-corrected chi connectivity index (χ0v) is 10.5. The minimum absolute atomic E-state index is 0.324. The summed E-state index contributed by atoms with van der Waals surface area (Å²) < 4.78 is 27.6. The van der Waals surface area contributed by atoms with Crippen LogP contribution in [0.5, 0.6) is 0 Å². The lowest BCUT2D eigenvalue weighted by molar-refractivity contribution is 0.0839. The Labute approximate surface area is 113 Å². The van der Waals surface area contributed by atoms with Gasteiger partial charge in [0.2, 0.25) is 0 Å². The Balaban J connectivity index is 2.02. The van der Waals surface area contributed by atoms with E-state index in [0.717, 1.165) is 12.1 Å². The van der Waals surface area contributed by atoms with Crippen LogP contribution in [0.4, 0.5) is 8.78 Å². The predicted molar refractivity (Wildman–Crippen MR) is 66.7 cm³/mol. The molecule has 1 aromatic carbocycles. The number of carbonyl (C=O) groups excluding carboxylic acids is 2. The van der Waals surface area contributed by atoms with Crippen LogP contribution >= 0.6 is 0 Å². The van der Waals surface area contributed by atoms with E-state index in [0.29, 0.717) is 11.8 Å². The fourth-order valence-electron chi connectivity index (χ4n) is 1.62. The van der Waals surface area contributed by atoms with E-state index in [4.69, 9.17) is 0 Å². The molecule has 0 aliphatic rings. The third-order valence-corrected chi connectivity index (χ3v) is 2.64. The van der Waals surface area contributed by atoms with Crippen LogP contribution in [-0.2, 0) is 7.05 Å². The van der Waals surface area contributed by atoms with Crippen molar-refractivity contribution in [2.45, 2.75) is 0 Å². The lowest BCUT2D eigenvalue weighted by atomic mass is 10.2. The molecular weight excluding hydrogens is 268 g/mol. The maximum absolute atomic E-state index is 13.3. The zero-order chi connectivity index (χ0) is 14.7. The van der Waals surface area contributed by atoms with Gasteiger partial charge in [-0.1, -0.05) is 0 Å². The van der Waals surface area contributed by atoms with E-state index in [2.05, 4.69) is 10.9 Å². The summed E-state index contributed by atoms with van der Waals surface area (Å²) in [4.78, 5) is 23.3. The standard InChI is InChI=1S/C13H11F2N3O2/c1-18-6-2-3-11(18)13(20)17-16-12(19)9-5-4-8(14)7-10(9)15/h2-7H,1H3,(H,16,19)(H,17,20). The van der Waals surface area contributed by atoms with Gasteiger partial charge in [0, 0.05) is 19.3 Å². The molecule has 2 rings (SSSR count). The van der Waals surface area contributed by atoms with E-state index in [1.165, 1.54) is 0 Å². The predicted octanol–water partition coefficient (Wildman–Crippen LogP) is 1.38. The normalized spacial score (nSPS) is 10.2. The van der Waals surface area contributed by atoms with Crippen molar-refractivity contribution in [1.29, 1.82) is 0 Å². The highest BCUT2D eigenvalue weighted by Crippen LogP contribution is 2.09. The molecule has 1 aromatic heterocycles. The van der Waals surface area contributed by atoms with Crippen LogP contribution in [-0.4, -0.2) is 16.4 Å². The number of aryl methyl sites for hydroxylation is 1. The van der Waals surface area contributed by atoms with Gasteiger partial charge in [0.05, 0.1) is 5.56 Å². The lowest BCUT2D eigenvalue weighted by Crippen LogP contribution is -2.42. The number of nitrogens with one attached hydrogen (secondary N) is 2. The number of benzene rings is 1. The molecule has 2 N–H and O–H groups in total. The van der Waals surface area contributed by atoms with Crippen LogP contribution in [0, 0.1) is 11.6 Å². The van der Waals surface area contributed by atoms with E-state index in [-0.39, 0.29) is 5.56 Å². The fourth-order valence-corrected chi connectivity index (χ4v) is 1.62. The maximum Gasteiger partial charge on any atom is 0.286 e. The summed E-state index contributed by atoms with van der Waals surface area (Å²) in [5, 5.41) is 0. The molecule has 2 aromatic rings. The Kier molecular flexibility index (Phi) is 3.79. The van der Waals surface area contributed by atoms with Crippen molar-refractivity contribution in [2.24, 2.45) is 7.05 Å². The second-order valence-corrected chi connectivity index (χ2v) is 4.04. The number of hydrogen-bond acceptors (Lipinski definition) is 2. The molecule has 0 atom stereocenters. The molecule has 0 spiro atoms. The van der Waals surface area contributed by atoms with Gasteiger partial charge in [0.25, 0.3) is 11.8 Å². The van der Waals surface area contributed by atoms with Crippen molar-refractivity contribution in [3.8, 4) is 0 Å². The maximum atomic E-state index is 13.3. The molecule has 1 heterocycles. The van der Waals surface area contributed by atoms with Crippen LogP contribution in [0.2, 0.25) is 0 Å². The molecule has 0 bridgehead atoms. The highest BCUT2D eigenvalue weighted by Gasteiger charge is 2.14. The number of rotatable bonds is 2. The summed E-state index contributed by atoms with van der Waals surface area (Å²) >= 11 is 0. The molecule has 0 aliphatic heterocycles. The van der Waals surface area contributed by atoms with Crippen LogP contribution in [0.25, 0.3) is 0 Å². The van der Waals surface area contributed by atoms with Gasteiger partial charge in [0.15, 0.2) is 0 Å². The first kappa shape index (κ1) is 13.7. The van der Waals surface area contributed by atoms with Crippen molar-refractivity contribution in [3.05, 3.63) is 59.4 Å². The van der Waals surface area contributed by atoms with Gasteiger partial charge in [-0.15, -0.1) is 0 Å². The Morgan fingerprint density at radius 1 is 1.10 bits per heavy atom. The summed E-state index contributed by atoms with van der Waals surface area (Å²) in [5.41, 5.74) is 4.17. The second-order valence-electron chi connectivity index (χ2n) is 4.04. The Hall–Kier alpha value is -2.70. The molecule has 0 aliphatic carbocycles. The number of amides is 2.